The minimum Gasteiger partial charge on any atom is -0.466 e. The van der Waals surface area contributed by atoms with Crippen LogP contribution in [0.15, 0.2) is 18.2 Å². The van der Waals surface area contributed by atoms with E-state index in [1.165, 1.54) is 6.92 Å². The quantitative estimate of drug-likeness (QED) is 0.620. The van der Waals surface area contributed by atoms with Crippen LogP contribution in [-0.4, -0.2) is 35.8 Å². The molecule has 10 heteroatoms. The molecule has 0 radical (unpaired) electrons. The van der Waals surface area contributed by atoms with Crippen molar-refractivity contribution in [3.8, 4) is 0 Å². The molecule has 1 aromatic heterocycles. The lowest BCUT2D eigenvalue weighted by molar-refractivity contribution is -0.206. The number of nitrogens with one attached hydrogen (secondary N) is 2. The van der Waals surface area contributed by atoms with Crippen molar-refractivity contribution >= 4 is 38.6 Å². The first-order chi connectivity index (χ1) is 11.6. The third kappa shape index (κ3) is 3.68. The lowest BCUT2D eigenvalue weighted by Crippen LogP contribution is -2.69. The molecule has 0 saturated heterocycles. The molecule has 1 atom stereocenters. The number of amides is 1. The molecule has 0 spiro atoms. The number of nitrogens with zero attached hydrogens (tertiary/aromatic N) is 1. The van der Waals surface area contributed by atoms with Gasteiger partial charge in [0.2, 0.25) is 5.91 Å². The van der Waals surface area contributed by atoms with Crippen molar-refractivity contribution < 1.29 is 27.5 Å². The Morgan fingerprint density at radius 1 is 1.32 bits per heavy atom. The van der Waals surface area contributed by atoms with Gasteiger partial charge in [-0.25, -0.2) is 9.78 Å². The Bertz CT molecular complexity index is 806. The van der Waals surface area contributed by atoms with Gasteiger partial charge in [-0.3, -0.25) is 4.79 Å². The summed E-state index contributed by atoms with van der Waals surface area (Å²) in [6.45, 7) is 3.20. The highest BCUT2D eigenvalue weighted by Gasteiger charge is 2.63. The fourth-order valence-electron chi connectivity index (χ4n) is 2.09. The normalized spacial score (nSPS) is 14.0. The van der Waals surface area contributed by atoms with Crippen LogP contribution in [0.25, 0.3) is 10.2 Å². The minimum absolute atomic E-state index is 0.167. The molecule has 2 rings (SSSR count). The van der Waals surface area contributed by atoms with Gasteiger partial charge in [0.1, 0.15) is 0 Å². The molecule has 136 valence electrons. The van der Waals surface area contributed by atoms with Gasteiger partial charge in [-0.05, 0) is 24.6 Å². The topological polar surface area (TPSA) is 80.3 Å². The molecule has 2 N–H and O–H groups in total. The van der Waals surface area contributed by atoms with E-state index in [4.69, 9.17) is 0 Å². The number of fused-ring (bicyclic) bond motifs is 1. The van der Waals surface area contributed by atoms with Crippen LogP contribution in [0.1, 0.15) is 18.9 Å². The molecule has 6 nitrogen and oxygen atoms in total. The molecule has 1 aromatic carbocycles. The Morgan fingerprint density at radius 2 is 2.00 bits per heavy atom. The van der Waals surface area contributed by atoms with E-state index in [0.29, 0.717) is 10.2 Å². The van der Waals surface area contributed by atoms with E-state index in [0.717, 1.165) is 24.0 Å². The smallest absolute Gasteiger partial charge is 0.442 e. The van der Waals surface area contributed by atoms with Crippen LogP contribution in [0.4, 0.5) is 18.3 Å². The highest BCUT2D eigenvalue weighted by atomic mass is 32.1. The molecule has 2 aromatic rings. The number of alkyl halides is 3. The lowest BCUT2D eigenvalue weighted by atomic mass is 10.1. The first kappa shape index (κ1) is 19.0. The average molecular weight is 375 g/mol. The van der Waals surface area contributed by atoms with Crippen LogP contribution < -0.4 is 10.6 Å². The SMILES string of the molecule is CCC(=O)N[C@](Nc1nc2ccc(C)cc2s1)(C(=O)OC)C(F)(F)F. The van der Waals surface area contributed by atoms with E-state index >= 15 is 0 Å². The van der Waals surface area contributed by atoms with Crippen LogP contribution in [0, 0.1) is 6.92 Å². The molecule has 0 aliphatic heterocycles. The van der Waals surface area contributed by atoms with Crippen molar-refractivity contribution in [2.75, 3.05) is 12.4 Å². The number of aryl methyl sites for hydroxylation is 1. The summed E-state index contributed by atoms with van der Waals surface area (Å²) in [5.74, 6) is -2.65. The van der Waals surface area contributed by atoms with Crippen molar-refractivity contribution in [2.45, 2.75) is 32.1 Å². The van der Waals surface area contributed by atoms with Crippen LogP contribution in [0.2, 0.25) is 0 Å². The van der Waals surface area contributed by atoms with E-state index in [1.54, 1.807) is 23.5 Å². The van der Waals surface area contributed by atoms with Gasteiger partial charge in [0.05, 0.1) is 17.3 Å². The maximum absolute atomic E-state index is 13.7. The predicted molar refractivity (Wildman–Crippen MR) is 87.2 cm³/mol. The predicted octanol–water partition coefficient (Wildman–Crippen LogP) is 2.97. The standard InChI is InChI=1S/C15H16F3N3O3S/c1-4-11(22)20-14(12(23)24-3,15(16,17)18)21-13-19-9-6-5-8(2)7-10(9)25-13/h5-7H,4H2,1-3H3,(H,19,21)(H,20,22)/t14-/m0/s1. The number of carbonyl (C=O) groups excluding carboxylic acids is 2. The number of hydrogen-bond acceptors (Lipinski definition) is 6. The number of carbonyl (C=O) groups is 2. The number of methoxy groups -OCH3 is 1. The van der Waals surface area contributed by atoms with Gasteiger partial charge in [-0.2, -0.15) is 13.2 Å². The van der Waals surface area contributed by atoms with E-state index in [9.17, 15) is 22.8 Å². The number of thiazole rings is 1. The number of rotatable bonds is 5. The number of ether oxygens (including phenoxy) is 1. The second-order valence-electron chi connectivity index (χ2n) is 5.26. The molecular weight excluding hydrogens is 359 g/mol. The first-order valence-electron chi connectivity index (χ1n) is 7.24. The summed E-state index contributed by atoms with van der Waals surface area (Å²) < 4.78 is 46.1. The molecule has 25 heavy (non-hydrogen) atoms. The van der Waals surface area contributed by atoms with Crippen molar-refractivity contribution in [3.63, 3.8) is 0 Å². The van der Waals surface area contributed by atoms with Gasteiger partial charge in [-0.15, -0.1) is 0 Å². The highest BCUT2D eigenvalue weighted by molar-refractivity contribution is 7.22. The summed E-state index contributed by atoms with van der Waals surface area (Å²) >= 11 is 0.936. The summed E-state index contributed by atoms with van der Waals surface area (Å²) in [7, 11) is 0.810. The zero-order valence-electron chi connectivity index (χ0n) is 13.7. The van der Waals surface area contributed by atoms with E-state index in [2.05, 4.69) is 9.72 Å². The van der Waals surface area contributed by atoms with Crippen LogP contribution in [0.3, 0.4) is 0 Å². The second-order valence-corrected chi connectivity index (χ2v) is 6.29. The van der Waals surface area contributed by atoms with Crippen molar-refractivity contribution in [3.05, 3.63) is 23.8 Å². The molecule has 1 amide bonds. The fourth-order valence-corrected chi connectivity index (χ4v) is 3.11. The Hall–Kier alpha value is -2.36. The Balaban J connectivity index is 2.52. The number of halogens is 3. The third-order valence-corrected chi connectivity index (χ3v) is 4.34. The Labute approximate surface area is 145 Å². The summed E-state index contributed by atoms with van der Waals surface area (Å²) in [6.07, 6.45) is -5.39. The lowest BCUT2D eigenvalue weighted by Gasteiger charge is -2.33. The number of benzene rings is 1. The second kappa shape index (κ2) is 6.87. The van der Waals surface area contributed by atoms with Gasteiger partial charge >= 0.3 is 17.8 Å². The number of anilines is 1. The van der Waals surface area contributed by atoms with Crippen LogP contribution in [-0.2, 0) is 14.3 Å². The zero-order valence-corrected chi connectivity index (χ0v) is 14.5. The molecule has 0 unspecified atom stereocenters. The van der Waals surface area contributed by atoms with Crippen molar-refractivity contribution in [1.29, 1.82) is 0 Å². The number of esters is 1. The summed E-state index contributed by atoms with van der Waals surface area (Å²) in [5, 5.41) is 3.56. The monoisotopic (exact) mass is 375 g/mol. The largest absolute Gasteiger partial charge is 0.466 e. The Kier molecular flexibility index (Phi) is 5.21. The first-order valence-corrected chi connectivity index (χ1v) is 8.06. The van der Waals surface area contributed by atoms with Gasteiger partial charge in [0.15, 0.2) is 5.13 Å². The van der Waals surface area contributed by atoms with E-state index in [-0.39, 0.29) is 11.6 Å². The number of hydrogen-bond donors (Lipinski definition) is 2. The van der Waals surface area contributed by atoms with E-state index in [1.807, 2.05) is 12.2 Å². The molecule has 1 heterocycles. The maximum atomic E-state index is 13.7. The average Bonchev–Trinajstić information content (AvgIpc) is 2.93. The summed E-state index contributed by atoms with van der Waals surface area (Å²) in [4.78, 5) is 27.6. The van der Waals surface area contributed by atoms with E-state index < -0.39 is 23.7 Å². The molecule has 0 fully saturated rings. The molecule has 0 aliphatic carbocycles. The maximum Gasteiger partial charge on any atom is 0.442 e. The summed E-state index contributed by atoms with van der Waals surface area (Å²) in [5.41, 5.74) is -2.03. The number of aromatic nitrogens is 1. The van der Waals surface area contributed by atoms with Crippen LogP contribution >= 0.6 is 11.3 Å². The van der Waals surface area contributed by atoms with Crippen molar-refractivity contribution in [2.24, 2.45) is 0 Å². The minimum atomic E-state index is -5.15. The molecule has 0 bridgehead atoms. The highest BCUT2D eigenvalue weighted by Crippen LogP contribution is 2.36. The van der Waals surface area contributed by atoms with Crippen LogP contribution in [0.5, 0.6) is 0 Å². The Morgan fingerprint density at radius 3 is 2.56 bits per heavy atom. The third-order valence-electron chi connectivity index (χ3n) is 3.40. The molecule has 0 saturated carbocycles. The van der Waals surface area contributed by atoms with Gasteiger partial charge in [-0.1, -0.05) is 24.3 Å². The van der Waals surface area contributed by atoms with Gasteiger partial charge in [0.25, 0.3) is 0 Å². The zero-order chi connectivity index (χ0) is 18.8. The van der Waals surface area contributed by atoms with Gasteiger partial charge < -0.3 is 15.4 Å². The summed E-state index contributed by atoms with van der Waals surface area (Å²) in [6, 6.07) is 5.18. The van der Waals surface area contributed by atoms with Crippen molar-refractivity contribution in [1.82, 2.24) is 10.3 Å². The fraction of sp³-hybridized carbons (Fsp3) is 0.400. The molecular formula is C15H16F3N3O3S. The molecule has 0 aliphatic rings. The van der Waals surface area contributed by atoms with Gasteiger partial charge in [0, 0.05) is 6.42 Å².